The Morgan fingerprint density at radius 1 is 1.06 bits per heavy atom. The van der Waals surface area contributed by atoms with Crippen LogP contribution in [0.2, 0.25) is 0 Å². The fourth-order valence-electron chi connectivity index (χ4n) is 2.37. The number of hydrogen-bond acceptors (Lipinski definition) is 3. The Kier molecular flexibility index (Phi) is 2.80. The van der Waals surface area contributed by atoms with Crippen LogP contribution in [0.1, 0.15) is 12.8 Å². The summed E-state index contributed by atoms with van der Waals surface area (Å²) in [5.41, 5.74) is 0.720. The molecule has 0 N–H and O–H groups in total. The zero-order valence-corrected chi connectivity index (χ0v) is 10.7. The number of hydrogen-bond donors (Lipinski definition) is 0. The highest BCUT2D eigenvalue weighted by Crippen LogP contribution is 2.26. The van der Waals surface area contributed by atoms with Gasteiger partial charge in [-0.3, -0.25) is 4.98 Å². The standard InChI is InChI=1S/C13H14N2O2S/c16-18(17,15-9-1-2-10-15)13-7-3-6-12-11(13)5-4-8-14-12/h3-8H,1-2,9-10H2. The summed E-state index contributed by atoms with van der Waals surface area (Å²) < 4.78 is 26.7. The zero-order chi connectivity index (χ0) is 12.6. The highest BCUT2D eigenvalue weighted by molar-refractivity contribution is 7.89. The van der Waals surface area contributed by atoms with E-state index in [1.54, 1.807) is 28.7 Å². The molecule has 1 aliphatic heterocycles. The van der Waals surface area contributed by atoms with Crippen molar-refractivity contribution in [2.24, 2.45) is 0 Å². The summed E-state index contributed by atoms with van der Waals surface area (Å²) in [5.74, 6) is 0. The minimum atomic E-state index is -3.37. The smallest absolute Gasteiger partial charge is 0.243 e. The van der Waals surface area contributed by atoms with Crippen molar-refractivity contribution in [3.05, 3.63) is 36.5 Å². The first-order chi connectivity index (χ1) is 8.69. The number of fused-ring (bicyclic) bond motifs is 1. The van der Waals surface area contributed by atoms with Crippen LogP contribution >= 0.6 is 0 Å². The van der Waals surface area contributed by atoms with Gasteiger partial charge in [-0.25, -0.2) is 8.42 Å². The summed E-state index contributed by atoms with van der Waals surface area (Å²) in [6.45, 7) is 1.25. The van der Waals surface area contributed by atoms with E-state index < -0.39 is 10.0 Å². The van der Waals surface area contributed by atoms with E-state index in [-0.39, 0.29) is 0 Å². The van der Waals surface area contributed by atoms with Gasteiger partial charge < -0.3 is 0 Å². The minimum absolute atomic E-state index is 0.370. The molecule has 0 saturated carbocycles. The first-order valence-corrected chi connectivity index (χ1v) is 7.47. The molecule has 1 fully saturated rings. The molecular formula is C13H14N2O2S. The fraction of sp³-hybridized carbons (Fsp3) is 0.308. The van der Waals surface area contributed by atoms with Gasteiger partial charge in [-0.2, -0.15) is 4.31 Å². The van der Waals surface area contributed by atoms with Crippen LogP contribution in [0.15, 0.2) is 41.4 Å². The third-order valence-corrected chi connectivity index (χ3v) is 5.25. The molecule has 0 bridgehead atoms. The molecule has 0 aliphatic carbocycles. The molecule has 0 atom stereocenters. The molecule has 4 nitrogen and oxygen atoms in total. The topological polar surface area (TPSA) is 50.3 Å². The van der Waals surface area contributed by atoms with Crippen LogP contribution in [0.3, 0.4) is 0 Å². The van der Waals surface area contributed by atoms with Crippen molar-refractivity contribution < 1.29 is 8.42 Å². The molecule has 1 aromatic heterocycles. The maximum Gasteiger partial charge on any atom is 0.243 e. The predicted molar refractivity (Wildman–Crippen MR) is 69.7 cm³/mol. The summed E-state index contributed by atoms with van der Waals surface area (Å²) in [6, 6.07) is 8.82. The quantitative estimate of drug-likeness (QED) is 0.832. The largest absolute Gasteiger partial charge is 0.256 e. The second-order valence-corrected chi connectivity index (χ2v) is 6.34. The lowest BCUT2D eigenvalue weighted by Crippen LogP contribution is -2.28. The van der Waals surface area contributed by atoms with Gasteiger partial charge in [0.25, 0.3) is 0 Å². The second-order valence-electron chi connectivity index (χ2n) is 4.44. The number of pyridine rings is 1. The minimum Gasteiger partial charge on any atom is -0.256 e. The van der Waals surface area contributed by atoms with E-state index in [0.717, 1.165) is 18.4 Å². The molecule has 5 heteroatoms. The Bertz CT molecular complexity index is 671. The van der Waals surface area contributed by atoms with Gasteiger partial charge in [-0.05, 0) is 37.1 Å². The Balaban J connectivity index is 2.19. The molecule has 2 aromatic rings. The predicted octanol–water partition coefficient (Wildman–Crippen LogP) is 2.02. The van der Waals surface area contributed by atoms with E-state index in [2.05, 4.69) is 4.98 Å². The highest BCUT2D eigenvalue weighted by Gasteiger charge is 2.28. The second kappa shape index (κ2) is 4.33. The van der Waals surface area contributed by atoms with Crippen molar-refractivity contribution in [2.75, 3.05) is 13.1 Å². The number of nitrogens with zero attached hydrogens (tertiary/aromatic N) is 2. The van der Waals surface area contributed by atoms with Gasteiger partial charge in [-0.1, -0.05) is 6.07 Å². The summed E-state index contributed by atoms with van der Waals surface area (Å²) >= 11 is 0. The van der Waals surface area contributed by atoms with Gasteiger partial charge in [0.05, 0.1) is 10.4 Å². The van der Waals surface area contributed by atoms with Crippen LogP contribution in [-0.2, 0) is 10.0 Å². The lowest BCUT2D eigenvalue weighted by molar-refractivity contribution is 0.478. The van der Waals surface area contributed by atoms with E-state index >= 15 is 0 Å². The average Bonchev–Trinajstić information content (AvgIpc) is 2.92. The Hall–Kier alpha value is -1.46. The van der Waals surface area contributed by atoms with E-state index in [1.165, 1.54) is 0 Å². The number of rotatable bonds is 2. The normalized spacial score (nSPS) is 17.3. The van der Waals surface area contributed by atoms with Gasteiger partial charge in [0.1, 0.15) is 0 Å². The summed E-state index contributed by atoms with van der Waals surface area (Å²) in [4.78, 5) is 4.57. The molecule has 0 unspecified atom stereocenters. The van der Waals surface area contributed by atoms with Gasteiger partial charge in [-0.15, -0.1) is 0 Å². The highest BCUT2D eigenvalue weighted by atomic mass is 32.2. The molecular weight excluding hydrogens is 248 g/mol. The van der Waals surface area contributed by atoms with E-state index in [0.29, 0.717) is 23.4 Å². The molecule has 1 saturated heterocycles. The Morgan fingerprint density at radius 3 is 2.61 bits per heavy atom. The van der Waals surface area contributed by atoms with Gasteiger partial charge >= 0.3 is 0 Å². The van der Waals surface area contributed by atoms with Crippen molar-refractivity contribution in [1.82, 2.24) is 9.29 Å². The van der Waals surface area contributed by atoms with Crippen LogP contribution in [0, 0.1) is 0 Å². The zero-order valence-electron chi connectivity index (χ0n) is 9.91. The van der Waals surface area contributed by atoms with E-state index in [4.69, 9.17) is 0 Å². The number of sulfonamides is 1. The maximum absolute atomic E-state index is 12.5. The summed E-state index contributed by atoms with van der Waals surface area (Å²) in [7, 11) is -3.37. The van der Waals surface area contributed by atoms with Crippen molar-refractivity contribution in [2.45, 2.75) is 17.7 Å². The Morgan fingerprint density at radius 2 is 1.83 bits per heavy atom. The van der Waals surface area contributed by atoms with E-state index in [9.17, 15) is 8.42 Å². The van der Waals surface area contributed by atoms with Crippen LogP contribution in [0.25, 0.3) is 10.9 Å². The van der Waals surface area contributed by atoms with Crippen LogP contribution < -0.4 is 0 Å². The Labute approximate surface area is 106 Å². The van der Waals surface area contributed by atoms with Gasteiger partial charge in [0.15, 0.2) is 0 Å². The first-order valence-electron chi connectivity index (χ1n) is 6.03. The molecule has 3 rings (SSSR count). The fourth-order valence-corrected chi connectivity index (χ4v) is 4.09. The molecule has 18 heavy (non-hydrogen) atoms. The summed E-state index contributed by atoms with van der Waals surface area (Å²) in [6.07, 6.45) is 3.57. The van der Waals surface area contributed by atoms with Crippen molar-refractivity contribution in [3.63, 3.8) is 0 Å². The molecule has 0 amide bonds. The summed E-state index contributed by atoms with van der Waals surface area (Å²) in [5, 5.41) is 0.701. The lowest BCUT2D eigenvalue weighted by atomic mass is 10.2. The third kappa shape index (κ3) is 1.79. The SMILES string of the molecule is O=S(=O)(c1cccc2ncccc12)N1CCCC1. The van der Waals surface area contributed by atoms with Crippen molar-refractivity contribution in [1.29, 1.82) is 0 Å². The first kappa shape index (κ1) is 11.6. The molecule has 1 aliphatic rings. The number of benzene rings is 1. The molecule has 2 heterocycles. The van der Waals surface area contributed by atoms with E-state index in [1.807, 2.05) is 12.1 Å². The van der Waals surface area contributed by atoms with Gasteiger partial charge in [0.2, 0.25) is 10.0 Å². The molecule has 0 radical (unpaired) electrons. The van der Waals surface area contributed by atoms with Crippen LogP contribution in [-0.4, -0.2) is 30.8 Å². The lowest BCUT2D eigenvalue weighted by Gasteiger charge is -2.16. The maximum atomic E-state index is 12.5. The van der Waals surface area contributed by atoms with Gasteiger partial charge in [0, 0.05) is 24.7 Å². The molecule has 1 aromatic carbocycles. The van der Waals surface area contributed by atoms with Crippen molar-refractivity contribution in [3.8, 4) is 0 Å². The molecule has 0 spiro atoms. The number of aromatic nitrogens is 1. The van der Waals surface area contributed by atoms with Crippen LogP contribution in [0.5, 0.6) is 0 Å². The molecule has 94 valence electrons. The van der Waals surface area contributed by atoms with Crippen molar-refractivity contribution >= 4 is 20.9 Å². The third-order valence-electron chi connectivity index (χ3n) is 3.29. The monoisotopic (exact) mass is 262 g/mol. The van der Waals surface area contributed by atoms with Crippen LogP contribution in [0.4, 0.5) is 0 Å². The average molecular weight is 262 g/mol.